The van der Waals surface area contributed by atoms with Gasteiger partial charge in [-0.25, -0.2) is 14.4 Å². The van der Waals surface area contributed by atoms with Crippen LogP contribution in [0.2, 0.25) is 5.02 Å². The lowest BCUT2D eigenvalue weighted by atomic mass is 9.87. The quantitative estimate of drug-likeness (QED) is 0.571. The molecule has 1 atom stereocenters. The van der Waals surface area contributed by atoms with Crippen molar-refractivity contribution in [1.29, 1.82) is 0 Å². The SMILES string of the molecule is CC(C)(C)OC(=O)NCc1ccc(Cl)cc1CNC(=O)[N+]1(C(=O)[C@H](O)C(C)(C)C)CCC1. The summed E-state index contributed by atoms with van der Waals surface area (Å²) >= 11 is 6.14. The molecule has 0 aliphatic carbocycles. The van der Waals surface area contributed by atoms with Crippen molar-refractivity contribution in [1.82, 2.24) is 10.6 Å². The number of urea groups is 1. The van der Waals surface area contributed by atoms with Gasteiger partial charge in [0, 0.05) is 29.9 Å². The Morgan fingerprint density at radius 2 is 1.66 bits per heavy atom. The molecule has 3 N–H and O–H groups in total. The molecule has 0 bridgehead atoms. The molecule has 178 valence electrons. The van der Waals surface area contributed by atoms with E-state index in [1.54, 1.807) is 59.7 Å². The lowest BCUT2D eigenvalue weighted by Gasteiger charge is -2.42. The normalized spacial score (nSPS) is 16.5. The van der Waals surface area contributed by atoms with E-state index in [-0.39, 0.29) is 13.1 Å². The summed E-state index contributed by atoms with van der Waals surface area (Å²) in [5.41, 5.74) is 0.201. The highest BCUT2D eigenvalue weighted by Gasteiger charge is 2.54. The maximum absolute atomic E-state index is 13.0. The third-order valence-electron chi connectivity index (χ3n) is 5.36. The number of rotatable bonds is 5. The topological polar surface area (TPSA) is 105 Å². The zero-order chi connectivity index (χ0) is 24.3. The van der Waals surface area contributed by atoms with E-state index in [1.807, 2.05) is 0 Å². The molecule has 0 saturated carbocycles. The van der Waals surface area contributed by atoms with Crippen molar-refractivity contribution >= 4 is 29.6 Å². The molecule has 32 heavy (non-hydrogen) atoms. The van der Waals surface area contributed by atoms with Crippen molar-refractivity contribution in [2.45, 2.75) is 72.8 Å². The summed E-state index contributed by atoms with van der Waals surface area (Å²) in [6, 6.07) is 4.73. The zero-order valence-electron chi connectivity index (χ0n) is 19.8. The maximum atomic E-state index is 13.0. The van der Waals surface area contributed by atoms with Gasteiger partial charge in [-0.2, -0.15) is 4.48 Å². The molecule has 1 heterocycles. The van der Waals surface area contributed by atoms with Crippen LogP contribution in [0.1, 0.15) is 59.1 Å². The Morgan fingerprint density at radius 3 is 2.16 bits per heavy atom. The fourth-order valence-corrected chi connectivity index (χ4v) is 3.53. The van der Waals surface area contributed by atoms with Gasteiger partial charge in [-0.3, -0.25) is 0 Å². The van der Waals surface area contributed by atoms with Crippen LogP contribution in [0.5, 0.6) is 0 Å². The summed E-state index contributed by atoms with van der Waals surface area (Å²) in [5.74, 6) is -0.487. The molecule has 0 aromatic heterocycles. The first-order chi connectivity index (χ1) is 14.7. The minimum atomic E-state index is -1.24. The van der Waals surface area contributed by atoms with Crippen LogP contribution in [0.15, 0.2) is 18.2 Å². The molecule has 0 unspecified atom stereocenters. The number of alkyl carbamates (subject to hydrolysis) is 1. The van der Waals surface area contributed by atoms with Crippen LogP contribution < -0.4 is 10.6 Å². The zero-order valence-corrected chi connectivity index (χ0v) is 20.5. The van der Waals surface area contributed by atoms with Gasteiger partial charge in [-0.15, -0.1) is 0 Å². The number of nitrogens with zero attached hydrogens (tertiary/aromatic N) is 1. The molecule has 1 saturated heterocycles. The molecule has 0 radical (unpaired) electrons. The minimum absolute atomic E-state index is 0.129. The van der Waals surface area contributed by atoms with E-state index >= 15 is 0 Å². The molecular weight excluding hydrogens is 434 g/mol. The Morgan fingerprint density at radius 1 is 1.06 bits per heavy atom. The van der Waals surface area contributed by atoms with E-state index < -0.39 is 39.6 Å². The number of imide groups is 1. The van der Waals surface area contributed by atoms with Gasteiger partial charge in [0.2, 0.25) is 0 Å². The number of halogens is 1. The molecule has 1 fully saturated rings. The molecule has 0 spiro atoms. The standard InChI is InChI=1S/C23H34ClN3O5/c1-22(2,3)18(28)19(29)27(10-7-11-27)20(30)25-14-16-12-17(24)9-8-15(16)13-26-21(31)32-23(4,5)6/h8-9,12,18,28H,7,10-11,13-14H2,1-6H3,(H-,25,26,30,31)/p+1/t18-/m0/s1. The molecular formula is C23H35ClN3O5+. The molecule has 1 aliphatic rings. The fourth-order valence-electron chi connectivity index (χ4n) is 3.34. The number of hydrogen-bond acceptors (Lipinski definition) is 5. The first-order valence-electron chi connectivity index (χ1n) is 10.8. The Bertz CT molecular complexity index is 869. The van der Waals surface area contributed by atoms with Crippen molar-refractivity contribution in [2.75, 3.05) is 13.1 Å². The Labute approximate surface area is 194 Å². The second-order valence-corrected chi connectivity index (χ2v) is 10.7. The first-order valence-corrected chi connectivity index (χ1v) is 11.2. The number of ether oxygens (including phenoxy) is 1. The van der Waals surface area contributed by atoms with E-state index in [4.69, 9.17) is 16.3 Å². The molecule has 1 aromatic carbocycles. The molecule has 1 aromatic rings. The number of nitrogens with one attached hydrogen (secondary N) is 2. The third-order valence-corrected chi connectivity index (χ3v) is 5.60. The van der Waals surface area contributed by atoms with Gasteiger partial charge in [0.05, 0.1) is 0 Å². The smallest absolute Gasteiger partial charge is 0.424 e. The third kappa shape index (κ3) is 6.43. The van der Waals surface area contributed by atoms with Crippen LogP contribution in [0.3, 0.4) is 0 Å². The van der Waals surface area contributed by atoms with Crippen molar-refractivity contribution in [2.24, 2.45) is 5.41 Å². The Balaban J connectivity index is 2.09. The van der Waals surface area contributed by atoms with Gasteiger partial charge in [0.25, 0.3) is 0 Å². The molecule has 2 rings (SSSR count). The highest BCUT2D eigenvalue weighted by molar-refractivity contribution is 6.30. The molecule has 8 nitrogen and oxygen atoms in total. The van der Waals surface area contributed by atoms with Gasteiger partial charge in [-0.1, -0.05) is 38.4 Å². The monoisotopic (exact) mass is 468 g/mol. The average Bonchev–Trinajstić information content (AvgIpc) is 2.61. The second kappa shape index (κ2) is 9.77. The number of quaternary nitrogens is 1. The van der Waals surface area contributed by atoms with Crippen LogP contribution in [0.4, 0.5) is 9.59 Å². The van der Waals surface area contributed by atoms with Crippen LogP contribution in [-0.2, 0) is 22.6 Å². The second-order valence-electron chi connectivity index (χ2n) is 10.3. The van der Waals surface area contributed by atoms with E-state index in [0.29, 0.717) is 23.7 Å². The predicted molar refractivity (Wildman–Crippen MR) is 122 cm³/mol. The van der Waals surface area contributed by atoms with Crippen LogP contribution in [0.25, 0.3) is 0 Å². The van der Waals surface area contributed by atoms with Gasteiger partial charge in [-0.05, 0) is 44.0 Å². The summed E-state index contributed by atoms with van der Waals surface area (Å²) in [7, 11) is 0. The summed E-state index contributed by atoms with van der Waals surface area (Å²) in [4.78, 5) is 37.9. The van der Waals surface area contributed by atoms with Gasteiger partial charge >= 0.3 is 18.0 Å². The van der Waals surface area contributed by atoms with Gasteiger partial charge in [0.1, 0.15) is 18.7 Å². The first kappa shape index (κ1) is 26.1. The number of aliphatic hydroxyl groups is 1. The van der Waals surface area contributed by atoms with E-state index in [2.05, 4.69) is 10.6 Å². The average molecular weight is 469 g/mol. The van der Waals surface area contributed by atoms with Crippen molar-refractivity contribution in [3.8, 4) is 0 Å². The number of hydrogen-bond donors (Lipinski definition) is 3. The molecule has 1 aliphatic heterocycles. The van der Waals surface area contributed by atoms with Gasteiger partial charge < -0.3 is 20.5 Å². The highest BCUT2D eigenvalue weighted by Crippen LogP contribution is 2.29. The maximum Gasteiger partial charge on any atom is 0.424 e. The lowest BCUT2D eigenvalue weighted by molar-refractivity contribution is -0.818. The number of carbonyl (C=O) groups excluding carboxylic acids is 3. The molecule has 4 amide bonds. The van der Waals surface area contributed by atoms with Crippen molar-refractivity contribution in [3.05, 3.63) is 34.3 Å². The number of aliphatic hydroxyl groups excluding tert-OH is 1. The largest absolute Gasteiger partial charge is 0.444 e. The lowest BCUT2D eigenvalue weighted by Crippen LogP contribution is -2.71. The summed E-state index contributed by atoms with van der Waals surface area (Å²) in [6.45, 7) is 11.7. The Hall–Kier alpha value is -2.16. The molecule has 9 heteroatoms. The summed E-state index contributed by atoms with van der Waals surface area (Å²) in [6.07, 6.45) is -1.05. The van der Waals surface area contributed by atoms with Crippen molar-refractivity contribution < 1.29 is 28.7 Å². The van der Waals surface area contributed by atoms with Crippen LogP contribution >= 0.6 is 11.6 Å². The minimum Gasteiger partial charge on any atom is -0.444 e. The van der Waals surface area contributed by atoms with E-state index in [0.717, 1.165) is 12.0 Å². The highest BCUT2D eigenvalue weighted by atomic mass is 35.5. The summed E-state index contributed by atoms with van der Waals surface area (Å²) < 4.78 is 4.84. The van der Waals surface area contributed by atoms with Gasteiger partial charge in [0.15, 0.2) is 6.10 Å². The van der Waals surface area contributed by atoms with Crippen molar-refractivity contribution in [3.63, 3.8) is 0 Å². The van der Waals surface area contributed by atoms with Crippen LogP contribution in [-0.4, -0.2) is 52.4 Å². The number of benzene rings is 1. The summed E-state index contributed by atoms with van der Waals surface area (Å²) in [5, 5.41) is 16.5. The fraction of sp³-hybridized carbons (Fsp3) is 0.609. The predicted octanol–water partition coefficient (Wildman–Crippen LogP) is 3.73. The Kier molecular flexibility index (Phi) is 7.96. The van der Waals surface area contributed by atoms with E-state index in [1.165, 1.54) is 0 Å². The van der Waals surface area contributed by atoms with E-state index in [9.17, 15) is 19.5 Å². The number of carbonyl (C=O) groups is 3. The van der Waals surface area contributed by atoms with Crippen LogP contribution in [0, 0.1) is 5.41 Å². The number of amides is 4. The number of likely N-dealkylation sites (tertiary alicyclic amines) is 1.